The third kappa shape index (κ3) is 3.23. The molecule has 64 valence electrons. The smallest absolute Gasteiger partial charge is 0.404 e. The van der Waals surface area contributed by atoms with Gasteiger partial charge in [-0.1, -0.05) is 0 Å². The van der Waals surface area contributed by atoms with Crippen LogP contribution in [-0.4, -0.2) is 30.5 Å². The van der Waals surface area contributed by atoms with Crippen LogP contribution in [-0.2, 0) is 4.74 Å². The molecule has 4 nitrogen and oxygen atoms in total. The van der Waals surface area contributed by atoms with Crippen molar-refractivity contribution in [1.82, 2.24) is 5.32 Å². The molecule has 1 aliphatic rings. The Balaban J connectivity index is 2.25. The molecule has 1 saturated heterocycles. The molecule has 0 aliphatic carbocycles. The van der Waals surface area contributed by atoms with Gasteiger partial charge in [0.2, 0.25) is 0 Å². The highest BCUT2D eigenvalue weighted by atomic mass is 16.5. The zero-order valence-electron chi connectivity index (χ0n) is 6.38. The zero-order chi connectivity index (χ0) is 8.10. The molecule has 0 bridgehead atoms. The van der Waals surface area contributed by atoms with Crippen molar-refractivity contribution in [2.75, 3.05) is 13.2 Å². The number of rotatable bonds is 1. The van der Waals surface area contributed by atoms with E-state index in [0.717, 1.165) is 25.9 Å². The van der Waals surface area contributed by atoms with Crippen LogP contribution in [0.25, 0.3) is 0 Å². The minimum absolute atomic E-state index is 0.0926. The minimum Gasteiger partial charge on any atom is -0.465 e. The second-order valence-corrected chi connectivity index (χ2v) is 2.69. The lowest BCUT2D eigenvalue weighted by atomic mass is 10.1. The molecule has 1 fully saturated rings. The predicted molar refractivity (Wildman–Crippen MR) is 39.6 cm³/mol. The Morgan fingerprint density at radius 1 is 1.45 bits per heavy atom. The van der Waals surface area contributed by atoms with Crippen LogP contribution in [0.2, 0.25) is 0 Å². The lowest BCUT2D eigenvalue weighted by Gasteiger charge is -2.11. The molecule has 1 aliphatic heterocycles. The standard InChI is InChI=1S/C7H13NO3/c9-7(10)8-6-2-1-4-11-5-3-6/h6,8H,1-5H2,(H,9,10). The molecular weight excluding hydrogens is 146 g/mol. The van der Waals surface area contributed by atoms with Gasteiger partial charge in [0.25, 0.3) is 0 Å². The fourth-order valence-electron chi connectivity index (χ4n) is 1.22. The van der Waals surface area contributed by atoms with E-state index >= 15 is 0 Å². The van der Waals surface area contributed by atoms with Crippen molar-refractivity contribution in [3.63, 3.8) is 0 Å². The van der Waals surface area contributed by atoms with Gasteiger partial charge < -0.3 is 15.2 Å². The molecule has 4 heteroatoms. The van der Waals surface area contributed by atoms with Gasteiger partial charge in [-0.15, -0.1) is 0 Å². The van der Waals surface area contributed by atoms with Crippen molar-refractivity contribution in [1.29, 1.82) is 0 Å². The molecule has 1 rings (SSSR count). The number of carboxylic acid groups (broad SMARTS) is 1. The van der Waals surface area contributed by atoms with E-state index in [-0.39, 0.29) is 6.04 Å². The number of nitrogens with one attached hydrogen (secondary N) is 1. The molecular formula is C7H13NO3. The maximum absolute atomic E-state index is 10.2. The molecule has 11 heavy (non-hydrogen) atoms. The summed E-state index contributed by atoms with van der Waals surface area (Å²) in [5.74, 6) is 0. The molecule has 0 aromatic heterocycles. The Morgan fingerprint density at radius 2 is 2.27 bits per heavy atom. The normalized spacial score (nSPS) is 25.6. The van der Waals surface area contributed by atoms with Crippen LogP contribution in [0.15, 0.2) is 0 Å². The van der Waals surface area contributed by atoms with E-state index in [4.69, 9.17) is 9.84 Å². The Hall–Kier alpha value is -0.770. The van der Waals surface area contributed by atoms with Gasteiger partial charge in [0.05, 0.1) is 0 Å². The van der Waals surface area contributed by atoms with Gasteiger partial charge >= 0.3 is 6.09 Å². The van der Waals surface area contributed by atoms with Crippen molar-refractivity contribution in [2.45, 2.75) is 25.3 Å². The van der Waals surface area contributed by atoms with Crippen LogP contribution in [0, 0.1) is 0 Å². The van der Waals surface area contributed by atoms with Gasteiger partial charge in [0, 0.05) is 19.3 Å². The molecule has 1 amide bonds. The maximum atomic E-state index is 10.2. The van der Waals surface area contributed by atoms with Crippen molar-refractivity contribution < 1.29 is 14.6 Å². The van der Waals surface area contributed by atoms with Crippen molar-refractivity contribution in [2.24, 2.45) is 0 Å². The first kappa shape index (κ1) is 8.33. The van der Waals surface area contributed by atoms with Crippen LogP contribution in [0.3, 0.4) is 0 Å². The summed E-state index contributed by atoms with van der Waals surface area (Å²) in [6.45, 7) is 1.43. The highest BCUT2D eigenvalue weighted by Crippen LogP contribution is 2.07. The van der Waals surface area contributed by atoms with E-state index in [1.54, 1.807) is 0 Å². The summed E-state index contributed by atoms with van der Waals surface area (Å²) < 4.78 is 5.17. The molecule has 0 spiro atoms. The lowest BCUT2D eigenvalue weighted by Crippen LogP contribution is -2.33. The molecule has 0 aromatic rings. The number of ether oxygens (including phenoxy) is 1. The third-order valence-electron chi connectivity index (χ3n) is 1.78. The Kier molecular flexibility index (Phi) is 3.16. The van der Waals surface area contributed by atoms with Gasteiger partial charge in [0.1, 0.15) is 0 Å². The summed E-state index contributed by atoms with van der Waals surface area (Å²) in [4.78, 5) is 10.2. The summed E-state index contributed by atoms with van der Waals surface area (Å²) in [5.41, 5.74) is 0. The Morgan fingerprint density at radius 3 is 3.00 bits per heavy atom. The first-order valence-corrected chi connectivity index (χ1v) is 3.86. The summed E-state index contributed by atoms with van der Waals surface area (Å²) in [5, 5.41) is 10.9. The van der Waals surface area contributed by atoms with E-state index in [9.17, 15) is 4.79 Å². The summed E-state index contributed by atoms with van der Waals surface area (Å²) in [7, 11) is 0. The van der Waals surface area contributed by atoms with Gasteiger partial charge in [-0.2, -0.15) is 0 Å². The highest BCUT2D eigenvalue weighted by Gasteiger charge is 2.13. The van der Waals surface area contributed by atoms with Crippen molar-refractivity contribution in [3.8, 4) is 0 Å². The average molecular weight is 159 g/mol. The fourth-order valence-corrected chi connectivity index (χ4v) is 1.22. The van der Waals surface area contributed by atoms with Gasteiger partial charge in [-0.05, 0) is 19.3 Å². The molecule has 1 unspecified atom stereocenters. The topological polar surface area (TPSA) is 58.6 Å². The third-order valence-corrected chi connectivity index (χ3v) is 1.78. The Bertz CT molecular complexity index is 130. The predicted octanol–water partition coefficient (Wildman–Crippen LogP) is 0.823. The largest absolute Gasteiger partial charge is 0.465 e. The van der Waals surface area contributed by atoms with Gasteiger partial charge in [0.15, 0.2) is 0 Å². The van der Waals surface area contributed by atoms with Crippen molar-refractivity contribution >= 4 is 6.09 Å². The molecule has 1 atom stereocenters. The van der Waals surface area contributed by atoms with E-state index in [2.05, 4.69) is 5.32 Å². The van der Waals surface area contributed by atoms with Crippen LogP contribution < -0.4 is 5.32 Å². The van der Waals surface area contributed by atoms with Crippen LogP contribution in [0.5, 0.6) is 0 Å². The summed E-state index contributed by atoms with van der Waals surface area (Å²) in [6, 6.07) is 0.0926. The first-order chi connectivity index (χ1) is 5.29. The number of hydrogen-bond acceptors (Lipinski definition) is 2. The second kappa shape index (κ2) is 4.18. The van der Waals surface area contributed by atoms with Crippen LogP contribution >= 0.6 is 0 Å². The van der Waals surface area contributed by atoms with Crippen molar-refractivity contribution in [3.05, 3.63) is 0 Å². The summed E-state index contributed by atoms with van der Waals surface area (Å²) >= 11 is 0. The number of amides is 1. The second-order valence-electron chi connectivity index (χ2n) is 2.69. The maximum Gasteiger partial charge on any atom is 0.404 e. The minimum atomic E-state index is -0.933. The first-order valence-electron chi connectivity index (χ1n) is 3.86. The van der Waals surface area contributed by atoms with Gasteiger partial charge in [-0.3, -0.25) is 0 Å². The van der Waals surface area contributed by atoms with E-state index in [1.165, 1.54) is 0 Å². The molecule has 2 N–H and O–H groups in total. The number of carbonyl (C=O) groups is 1. The zero-order valence-corrected chi connectivity index (χ0v) is 6.38. The summed E-state index contributed by atoms with van der Waals surface area (Å²) in [6.07, 6.45) is 1.71. The SMILES string of the molecule is O=C(O)NC1CCCOCC1. The molecule has 0 radical (unpaired) electrons. The van der Waals surface area contributed by atoms with E-state index in [1.807, 2.05) is 0 Å². The number of hydrogen-bond donors (Lipinski definition) is 2. The van der Waals surface area contributed by atoms with E-state index in [0.29, 0.717) is 6.61 Å². The Labute approximate surface area is 65.5 Å². The van der Waals surface area contributed by atoms with Crippen LogP contribution in [0.1, 0.15) is 19.3 Å². The molecule has 0 aromatic carbocycles. The molecule has 1 heterocycles. The fraction of sp³-hybridized carbons (Fsp3) is 0.857. The molecule has 0 saturated carbocycles. The highest BCUT2D eigenvalue weighted by molar-refractivity contribution is 5.64. The monoisotopic (exact) mass is 159 g/mol. The average Bonchev–Trinajstić information content (AvgIpc) is 2.14. The van der Waals surface area contributed by atoms with E-state index < -0.39 is 6.09 Å². The van der Waals surface area contributed by atoms with Crippen LogP contribution in [0.4, 0.5) is 4.79 Å². The van der Waals surface area contributed by atoms with Gasteiger partial charge in [-0.25, -0.2) is 4.79 Å². The lowest BCUT2D eigenvalue weighted by molar-refractivity contribution is 0.142. The quantitative estimate of drug-likeness (QED) is 0.595.